The van der Waals surface area contributed by atoms with Crippen molar-refractivity contribution in [3.8, 4) is 11.5 Å². The van der Waals surface area contributed by atoms with E-state index in [1.807, 2.05) is 25.1 Å². The minimum Gasteiger partial charge on any atom is -0.444 e. The molecule has 1 N–H and O–H groups in total. The predicted molar refractivity (Wildman–Crippen MR) is 75.3 cm³/mol. The van der Waals surface area contributed by atoms with Crippen molar-refractivity contribution in [1.29, 1.82) is 0 Å². The van der Waals surface area contributed by atoms with Crippen LogP contribution >= 0.6 is 11.6 Å². The van der Waals surface area contributed by atoms with Gasteiger partial charge in [-0.15, -0.1) is 0 Å². The van der Waals surface area contributed by atoms with Crippen LogP contribution < -0.4 is 5.32 Å². The largest absolute Gasteiger partial charge is 0.444 e. The Kier molecular flexibility index (Phi) is 4.96. The zero-order valence-electron chi connectivity index (χ0n) is 11.1. The monoisotopic (exact) mass is 280 g/mol. The summed E-state index contributed by atoms with van der Waals surface area (Å²) in [6.45, 7) is 4.13. The lowest BCUT2D eigenvalue weighted by Gasteiger charge is -2.01. The normalized spacial score (nSPS) is 10.9. The predicted octanol–water partition coefficient (Wildman–Crippen LogP) is 3.04. The maximum atomic E-state index is 5.93. The molecule has 2 aromatic rings. The fourth-order valence-corrected chi connectivity index (χ4v) is 2.00. The van der Waals surface area contributed by atoms with Crippen LogP contribution in [-0.4, -0.2) is 25.2 Å². The fourth-order valence-electron chi connectivity index (χ4n) is 1.77. The molecule has 0 aliphatic rings. The summed E-state index contributed by atoms with van der Waals surface area (Å²) >= 11 is 5.93. The summed E-state index contributed by atoms with van der Waals surface area (Å²) in [5.41, 5.74) is 2.89. The number of rotatable bonds is 6. The number of oxazole rings is 1. The lowest BCUT2D eigenvalue weighted by atomic mass is 10.1. The van der Waals surface area contributed by atoms with Gasteiger partial charge in [-0.2, -0.15) is 0 Å². The summed E-state index contributed by atoms with van der Waals surface area (Å²) in [4.78, 5) is 4.46. The van der Waals surface area contributed by atoms with Crippen LogP contribution in [-0.2, 0) is 11.3 Å². The Morgan fingerprint density at radius 2 is 2.26 bits per heavy atom. The lowest BCUT2D eigenvalue weighted by molar-refractivity contribution is 0.199. The minimum atomic E-state index is 0.623. The van der Waals surface area contributed by atoms with Crippen molar-refractivity contribution in [2.75, 3.05) is 20.3 Å². The molecule has 1 aromatic heterocycles. The number of aryl methyl sites for hydroxylation is 1. The first-order valence-corrected chi connectivity index (χ1v) is 6.49. The standard InChI is InChI=1S/C14H17ClN2O2/c1-10-7-11(15)3-4-13(10)14-17-12(9-19-14)8-16-5-6-18-2/h3-4,7,9,16H,5-6,8H2,1-2H3. The summed E-state index contributed by atoms with van der Waals surface area (Å²) in [6.07, 6.45) is 1.67. The molecule has 0 saturated carbocycles. The van der Waals surface area contributed by atoms with Crippen molar-refractivity contribution in [2.45, 2.75) is 13.5 Å². The van der Waals surface area contributed by atoms with Crippen molar-refractivity contribution in [1.82, 2.24) is 10.3 Å². The van der Waals surface area contributed by atoms with Crippen LogP contribution in [0.5, 0.6) is 0 Å². The van der Waals surface area contributed by atoms with E-state index in [1.54, 1.807) is 13.4 Å². The number of hydrogen-bond donors (Lipinski definition) is 1. The summed E-state index contributed by atoms with van der Waals surface area (Å²) in [5.74, 6) is 0.623. The molecule has 0 amide bonds. The fraction of sp³-hybridized carbons (Fsp3) is 0.357. The third-order valence-corrected chi connectivity index (χ3v) is 2.99. The number of methoxy groups -OCH3 is 1. The summed E-state index contributed by atoms with van der Waals surface area (Å²) in [7, 11) is 1.68. The van der Waals surface area contributed by atoms with Gasteiger partial charge in [0.25, 0.3) is 0 Å². The average molecular weight is 281 g/mol. The van der Waals surface area contributed by atoms with E-state index in [1.165, 1.54) is 0 Å². The maximum absolute atomic E-state index is 5.93. The summed E-state index contributed by atoms with van der Waals surface area (Å²) < 4.78 is 10.5. The molecule has 102 valence electrons. The number of hydrogen-bond acceptors (Lipinski definition) is 4. The second-order valence-electron chi connectivity index (χ2n) is 4.27. The Balaban J connectivity index is 2.04. The van der Waals surface area contributed by atoms with Gasteiger partial charge in [-0.3, -0.25) is 0 Å². The molecular weight excluding hydrogens is 264 g/mol. The highest BCUT2D eigenvalue weighted by molar-refractivity contribution is 6.30. The molecule has 0 fully saturated rings. The van der Waals surface area contributed by atoms with Gasteiger partial charge in [0.15, 0.2) is 0 Å². The van der Waals surface area contributed by atoms with Crippen molar-refractivity contribution in [3.05, 3.63) is 40.7 Å². The molecule has 1 aromatic carbocycles. The zero-order chi connectivity index (χ0) is 13.7. The smallest absolute Gasteiger partial charge is 0.226 e. The second kappa shape index (κ2) is 6.70. The molecule has 5 heteroatoms. The molecule has 0 atom stereocenters. The molecule has 0 bridgehead atoms. The highest BCUT2D eigenvalue weighted by atomic mass is 35.5. The Hall–Kier alpha value is -1.36. The van der Waals surface area contributed by atoms with Crippen LogP contribution in [0.25, 0.3) is 11.5 Å². The Morgan fingerprint density at radius 3 is 3.00 bits per heavy atom. The van der Waals surface area contributed by atoms with Crippen molar-refractivity contribution in [2.24, 2.45) is 0 Å². The number of nitrogens with zero attached hydrogens (tertiary/aromatic N) is 1. The first-order chi connectivity index (χ1) is 9.20. The second-order valence-corrected chi connectivity index (χ2v) is 4.71. The molecule has 4 nitrogen and oxygen atoms in total. The molecule has 0 radical (unpaired) electrons. The van der Waals surface area contributed by atoms with E-state index < -0.39 is 0 Å². The minimum absolute atomic E-state index is 0.623. The molecule has 19 heavy (non-hydrogen) atoms. The SMILES string of the molecule is COCCNCc1coc(-c2ccc(Cl)cc2C)n1. The van der Waals surface area contributed by atoms with Crippen LogP contribution in [0.4, 0.5) is 0 Å². The van der Waals surface area contributed by atoms with Crippen molar-refractivity contribution in [3.63, 3.8) is 0 Å². The van der Waals surface area contributed by atoms with Crippen LogP contribution in [0, 0.1) is 6.92 Å². The number of aromatic nitrogens is 1. The van der Waals surface area contributed by atoms with Crippen LogP contribution in [0.15, 0.2) is 28.9 Å². The van der Waals surface area contributed by atoms with E-state index in [-0.39, 0.29) is 0 Å². The maximum Gasteiger partial charge on any atom is 0.226 e. The van der Waals surface area contributed by atoms with Crippen LogP contribution in [0.3, 0.4) is 0 Å². The van der Waals surface area contributed by atoms with Crippen LogP contribution in [0.2, 0.25) is 5.02 Å². The topological polar surface area (TPSA) is 47.3 Å². The van der Waals surface area contributed by atoms with Gasteiger partial charge in [0.1, 0.15) is 6.26 Å². The van der Waals surface area contributed by atoms with E-state index in [9.17, 15) is 0 Å². The number of halogens is 1. The third-order valence-electron chi connectivity index (χ3n) is 2.76. The third kappa shape index (κ3) is 3.80. The van der Waals surface area contributed by atoms with Gasteiger partial charge in [0.05, 0.1) is 12.3 Å². The van der Waals surface area contributed by atoms with Crippen molar-refractivity contribution < 1.29 is 9.15 Å². The van der Waals surface area contributed by atoms with Crippen molar-refractivity contribution >= 4 is 11.6 Å². The highest BCUT2D eigenvalue weighted by Gasteiger charge is 2.09. The van der Waals surface area contributed by atoms with E-state index >= 15 is 0 Å². The van der Waals surface area contributed by atoms with Gasteiger partial charge in [-0.05, 0) is 30.7 Å². The Bertz CT molecular complexity index is 540. The van der Waals surface area contributed by atoms with E-state index in [0.29, 0.717) is 24.1 Å². The highest BCUT2D eigenvalue weighted by Crippen LogP contribution is 2.25. The molecule has 0 unspecified atom stereocenters. The first kappa shape index (κ1) is 14.1. The molecule has 2 rings (SSSR count). The van der Waals surface area contributed by atoms with Gasteiger partial charge < -0.3 is 14.5 Å². The van der Waals surface area contributed by atoms with Gasteiger partial charge in [0, 0.05) is 30.8 Å². The van der Waals surface area contributed by atoms with E-state index in [4.69, 9.17) is 20.8 Å². The molecular formula is C14H17ClN2O2. The van der Waals surface area contributed by atoms with Gasteiger partial charge in [-0.1, -0.05) is 11.6 Å². The van der Waals surface area contributed by atoms with Gasteiger partial charge in [0.2, 0.25) is 5.89 Å². The van der Waals surface area contributed by atoms with Gasteiger partial charge in [-0.25, -0.2) is 4.98 Å². The average Bonchev–Trinajstić information content (AvgIpc) is 2.83. The Morgan fingerprint density at radius 1 is 1.42 bits per heavy atom. The zero-order valence-corrected chi connectivity index (χ0v) is 11.8. The number of ether oxygens (including phenoxy) is 1. The quantitative estimate of drug-likeness (QED) is 0.826. The first-order valence-electron chi connectivity index (χ1n) is 6.11. The molecule has 1 heterocycles. The van der Waals surface area contributed by atoms with E-state index in [0.717, 1.165) is 23.4 Å². The molecule has 0 saturated heterocycles. The number of nitrogens with one attached hydrogen (secondary N) is 1. The summed E-state index contributed by atoms with van der Waals surface area (Å²) in [6, 6.07) is 5.66. The molecule has 0 aliphatic heterocycles. The van der Waals surface area contributed by atoms with E-state index in [2.05, 4.69) is 10.3 Å². The molecule has 0 spiro atoms. The van der Waals surface area contributed by atoms with Crippen LogP contribution in [0.1, 0.15) is 11.3 Å². The lowest BCUT2D eigenvalue weighted by Crippen LogP contribution is -2.18. The Labute approximate surface area is 117 Å². The van der Waals surface area contributed by atoms with Gasteiger partial charge >= 0.3 is 0 Å². The molecule has 0 aliphatic carbocycles. The summed E-state index contributed by atoms with van der Waals surface area (Å²) in [5, 5.41) is 3.94. The number of benzene rings is 1.